The van der Waals surface area contributed by atoms with Crippen LogP contribution in [0.15, 0.2) is 18.6 Å². The molecule has 0 radical (unpaired) electrons. The monoisotopic (exact) mass is 261 g/mol. The molecular weight excluding hydrogens is 242 g/mol. The van der Waals surface area contributed by atoms with Crippen LogP contribution in [0.5, 0.6) is 0 Å². The Hall–Kier alpha value is -1.82. The van der Waals surface area contributed by atoms with Gasteiger partial charge in [0.25, 0.3) is 0 Å². The van der Waals surface area contributed by atoms with E-state index in [1.165, 1.54) is 0 Å². The van der Waals surface area contributed by atoms with Crippen LogP contribution in [-0.2, 0) is 4.74 Å². The first-order valence-corrected chi connectivity index (χ1v) is 6.63. The quantitative estimate of drug-likeness (QED) is 0.875. The van der Waals surface area contributed by atoms with Gasteiger partial charge < -0.3 is 19.8 Å². The van der Waals surface area contributed by atoms with Crippen LogP contribution in [0.3, 0.4) is 0 Å². The van der Waals surface area contributed by atoms with E-state index >= 15 is 0 Å². The zero-order chi connectivity index (χ0) is 13.2. The summed E-state index contributed by atoms with van der Waals surface area (Å²) in [5, 5.41) is 6.54. The first-order chi connectivity index (χ1) is 9.28. The molecule has 102 valence electrons. The lowest BCUT2D eigenvalue weighted by atomic mass is 10.0. The number of anilines is 2. The summed E-state index contributed by atoms with van der Waals surface area (Å²) in [6.07, 6.45) is 6.73. The van der Waals surface area contributed by atoms with E-state index in [0.717, 1.165) is 36.9 Å². The van der Waals surface area contributed by atoms with Crippen molar-refractivity contribution in [2.75, 3.05) is 30.9 Å². The van der Waals surface area contributed by atoms with E-state index in [2.05, 4.69) is 27.5 Å². The highest BCUT2D eigenvalue weighted by Crippen LogP contribution is 2.22. The van der Waals surface area contributed by atoms with Crippen LogP contribution in [0, 0.1) is 5.92 Å². The summed E-state index contributed by atoms with van der Waals surface area (Å²) in [6.45, 7) is 3.86. The van der Waals surface area contributed by atoms with Gasteiger partial charge in [-0.25, -0.2) is 9.97 Å². The third-order valence-electron chi connectivity index (χ3n) is 3.67. The van der Waals surface area contributed by atoms with Gasteiger partial charge in [0.05, 0.1) is 12.8 Å². The van der Waals surface area contributed by atoms with Crippen LogP contribution in [0.25, 0.3) is 5.65 Å². The van der Waals surface area contributed by atoms with E-state index in [-0.39, 0.29) is 0 Å². The molecule has 6 nitrogen and oxygen atoms in total. The second kappa shape index (κ2) is 5.05. The fourth-order valence-electron chi connectivity index (χ4n) is 2.43. The largest absolute Gasteiger partial charge is 0.381 e. The minimum absolute atomic E-state index is 0.322. The number of aromatic nitrogens is 3. The fraction of sp³-hybridized carbons (Fsp3) is 0.538. The van der Waals surface area contributed by atoms with Gasteiger partial charge in [-0.15, -0.1) is 0 Å². The van der Waals surface area contributed by atoms with E-state index in [1.807, 2.05) is 23.8 Å². The SMILES string of the molecule is CNc1cn2ccnc2c(NC(C)C2CCOC2)n1. The molecule has 0 aliphatic carbocycles. The van der Waals surface area contributed by atoms with Gasteiger partial charge in [0.1, 0.15) is 5.82 Å². The van der Waals surface area contributed by atoms with Gasteiger partial charge in [-0.05, 0) is 13.3 Å². The molecule has 1 aliphatic heterocycles. The lowest BCUT2D eigenvalue weighted by molar-refractivity contribution is 0.183. The van der Waals surface area contributed by atoms with Crippen molar-refractivity contribution in [2.45, 2.75) is 19.4 Å². The molecule has 2 atom stereocenters. The van der Waals surface area contributed by atoms with Crippen molar-refractivity contribution >= 4 is 17.3 Å². The molecule has 0 amide bonds. The maximum atomic E-state index is 5.44. The third-order valence-corrected chi connectivity index (χ3v) is 3.67. The average Bonchev–Trinajstić information content (AvgIpc) is 3.09. The Morgan fingerprint density at radius 2 is 2.42 bits per heavy atom. The Morgan fingerprint density at radius 1 is 1.53 bits per heavy atom. The molecule has 2 aromatic heterocycles. The van der Waals surface area contributed by atoms with Gasteiger partial charge in [-0.3, -0.25) is 0 Å². The van der Waals surface area contributed by atoms with Crippen molar-refractivity contribution in [1.29, 1.82) is 0 Å². The second-order valence-corrected chi connectivity index (χ2v) is 4.94. The maximum Gasteiger partial charge on any atom is 0.180 e. The number of ether oxygens (including phenoxy) is 1. The van der Waals surface area contributed by atoms with Crippen molar-refractivity contribution in [3.63, 3.8) is 0 Å². The normalized spacial score (nSPS) is 20.6. The Kier molecular flexibility index (Phi) is 3.25. The molecule has 1 aliphatic rings. The summed E-state index contributed by atoms with van der Waals surface area (Å²) in [6, 6.07) is 0.322. The molecule has 6 heteroatoms. The molecule has 2 N–H and O–H groups in total. The van der Waals surface area contributed by atoms with E-state index in [1.54, 1.807) is 6.20 Å². The minimum atomic E-state index is 0.322. The van der Waals surface area contributed by atoms with Crippen molar-refractivity contribution in [3.05, 3.63) is 18.6 Å². The van der Waals surface area contributed by atoms with Crippen LogP contribution >= 0.6 is 0 Å². The van der Waals surface area contributed by atoms with Crippen molar-refractivity contribution in [2.24, 2.45) is 5.92 Å². The number of nitrogens with one attached hydrogen (secondary N) is 2. The summed E-state index contributed by atoms with van der Waals surface area (Å²) in [5.41, 5.74) is 0.852. The molecule has 2 unspecified atom stereocenters. The van der Waals surface area contributed by atoms with Crippen molar-refractivity contribution in [1.82, 2.24) is 14.4 Å². The molecular formula is C13H19N5O. The van der Waals surface area contributed by atoms with Crippen LogP contribution in [-0.4, -0.2) is 40.7 Å². The fourth-order valence-corrected chi connectivity index (χ4v) is 2.43. The number of imidazole rings is 1. The molecule has 2 aromatic rings. The van der Waals surface area contributed by atoms with Crippen molar-refractivity contribution < 1.29 is 4.74 Å². The first-order valence-electron chi connectivity index (χ1n) is 6.63. The number of hydrogen-bond donors (Lipinski definition) is 2. The maximum absolute atomic E-state index is 5.44. The Bertz CT molecular complexity index is 561. The summed E-state index contributed by atoms with van der Waals surface area (Å²) in [5.74, 6) is 2.18. The van der Waals surface area contributed by atoms with E-state index in [0.29, 0.717) is 12.0 Å². The van der Waals surface area contributed by atoms with E-state index in [4.69, 9.17) is 4.74 Å². The molecule has 0 aromatic carbocycles. The van der Waals surface area contributed by atoms with Gasteiger partial charge >= 0.3 is 0 Å². The van der Waals surface area contributed by atoms with Crippen molar-refractivity contribution in [3.8, 4) is 0 Å². The predicted octanol–water partition coefficient (Wildman–Crippen LogP) is 1.61. The number of nitrogens with zero attached hydrogens (tertiary/aromatic N) is 3. The lowest BCUT2D eigenvalue weighted by Gasteiger charge is -2.20. The summed E-state index contributed by atoms with van der Waals surface area (Å²) < 4.78 is 7.41. The number of rotatable bonds is 4. The van der Waals surface area contributed by atoms with Gasteiger partial charge in [0.2, 0.25) is 0 Å². The highest BCUT2D eigenvalue weighted by molar-refractivity contribution is 5.65. The van der Waals surface area contributed by atoms with Gasteiger partial charge in [0, 0.05) is 38.0 Å². The zero-order valence-corrected chi connectivity index (χ0v) is 11.3. The molecule has 0 saturated carbocycles. The van der Waals surface area contributed by atoms with E-state index < -0.39 is 0 Å². The molecule has 1 saturated heterocycles. The summed E-state index contributed by atoms with van der Waals surface area (Å²) in [4.78, 5) is 8.91. The topological polar surface area (TPSA) is 63.5 Å². The van der Waals surface area contributed by atoms with Gasteiger partial charge in [-0.2, -0.15) is 0 Å². The zero-order valence-electron chi connectivity index (χ0n) is 11.3. The second-order valence-electron chi connectivity index (χ2n) is 4.94. The highest BCUT2D eigenvalue weighted by Gasteiger charge is 2.23. The molecule has 0 bridgehead atoms. The standard InChI is InChI=1S/C13H19N5O/c1-9(10-3-6-19-8-10)16-12-13-15-4-5-18(13)7-11(14-2)17-12/h4-5,7,9-10,14H,3,6,8H2,1-2H3,(H,16,17). The predicted molar refractivity (Wildman–Crippen MR) is 74.5 cm³/mol. The Morgan fingerprint density at radius 3 is 3.16 bits per heavy atom. The number of fused-ring (bicyclic) bond motifs is 1. The van der Waals surface area contributed by atoms with Gasteiger partial charge in [-0.1, -0.05) is 0 Å². The average molecular weight is 261 g/mol. The molecule has 19 heavy (non-hydrogen) atoms. The lowest BCUT2D eigenvalue weighted by Crippen LogP contribution is -2.27. The highest BCUT2D eigenvalue weighted by atomic mass is 16.5. The number of hydrogen-bond acceptors (Lipinski definition) is 5. The Balaban J connectivity index is 1.88. The van der Waals surface area contributed by atoms with Gasteiger partial charge in [0.15, 0.2) is 11.5 Å². The molecule has 0 spiro atoms. The van der Waals surface area contributed by atoms with Crippen LogP contribution < -0.4 is 10.6 Å². The molecule has 3 heterocycles. The summed E-state index contributed by atoms with van der Waals surface area (Å²) in [7, 11) is 1.86. The van der Waals surface area contributed by atoms with Crippen LogP contribution in [0.4, 0.5) is 11.6 Å². The van der Waals surface area contributed by atoms with Crippen LogP contribution in [0.1, 0.15) is 13.3 Å². The molecule has 1 fully saturated rings. The Labute approximate surface area is 112 Å². The van der Waals surface area contributed by atoms with Crippen LogP contribution in [0.2, 0.25) is 0 Å². The third kappa shape index (κ3) is 2.35. The molecule has 3 rings (SSSR count). The smallest absolute Gasteiger partial charge is 0.180 e. The summed E-state index contributed by atoms with van der Waals surface area (Å²) >= 11 is 0. The van der Waals surface area contributed by atoms with E-state index in [9.17, 15) is 0 Å². The first kappa shape index (κ1) is 12.2. The minimum Gasteiger partial charge on any atom is -0.381 e.